The van der Waals surface area contributed by atoms with Crippen molar-refractivity contribution in [1.29, 1.82) is 0 Å². The minimum Gasteiger partial charge on any atom is -0.508 e. The third-order valence-electron chi connectivity index (χ3n) is 2.88. The Morgan fingerprint density at radius 3 is 2.52 bits per heavy atom. The van der Waals surface area contributed by atoms with Crippen molar-refractivity contribution in [1.82, 2.24) is 10.2 Å². The molecular weight excluding hydrogens is 275 g/mol. The summed E-state index contributed by atoms with van der Waals surface area (Å²) in [6, 6.07) is 9.72. The molecule has 106 valence electrons. The van der Waals surface area contributed by atoms with Crippen molar-refractivity contribution >= 4 is 0 Å². The number of aromatic amines is 1. The van der Waals surface area contributed by atoms with Gasteiger partial charge in [-0.1, -0.05) is 0 Å². The summed E-state index contributed by atoms with van der Waals surface area (Å²) in [5.41, 5.74) is 0.794. The highest BCUT2D eigenvalue weighted by Crippen LogP contribution is 2.37. The van der Waals surface area contributed by atoms with Gasteiger partial charge < -0.3 is 14.9 Å². The van der Waals surface area contributed by atoms with Gasteiger partial charge in [-0.3, -0.25) is 5.10 Å². The minimum absolute atomic E-state index is 0.0483. The lowest BCUT2D eigenvalue weighted by molar-refractivity contribution is 0.450. The molecule has 1 aromatic heterocycles. The molecule has 3 rings (SSSR count). The summed E-state index contributed by atoms with van der Waals surface area (Å²) in [5.74, 6) is 0.296. The molecule has 0 amide bonds. The molecule has 1 heterocycles. The number of nitrogens with zero attached hydrogens (tertiary/aromatic N) is 1. The molecule has 2 aromatic carbocycles. The number of nitrogens with one attached hydrogen (secondary N) is 1. The standard InChI is InChI=1S/C15H11FN2O3/c16-9-1-4-11(5-2-9)21-14-8-17-18-15(14)12-6-3-10(19)7-13(12)20/h1-8,19-20H,(H,17,18). The van der Waals surface area contributed by atoms with Crippen molar-refractivity contribution < 1.29 is 19.3 Å². The summed E-state index contributed by atoms with van der Waals surface area (Å²) in [6.45, 7) is 0. The van der Waals surface area contributed by atoms with E-state index in [9.17, 15) is 14.6 Å². The van der Waals surface area contributed by atoms with Gasteiger partial charge >= 0.3 is 0 Å². The molecule has 5 nitrogen and oxygen atoms in total. The first-order valence-electron chi connectivity index (χ1n) is 6.13. The molecule has 3 N–H and O–H groups in total. The minimum atomic E-state index is -0.356. The van der Waals surface area contributed by atoms with E-state index < -0.39 is 0 Å². The highest BCUT2D eigenvalue weighted by molar-refractivity contribution is 5.72. The van der Waals surface area contributed by atoms with Gasteiger partial charge in [0.2, 0.25) is 0 Å². The Bertz CT molecular complexity index is 769. The molecule has 0 bridgehead atoms. The molecule has 0 aliphatic carbocycles. The number of aromatic hydroxyl groups is 2. The number of hydrogen-bond donors (Lipinski definition) is 3. The monoisotopic (exact) mass is 286 g/mol. The van der Waals surface area contributed by atoms with Crippen LogP contribution in [0.3, 0.4) is 0 Å². The van der Waals surface area contributed by atoms with Crippen LogP contribution in [-0.2, 0) is 0 Å². The van der Waals surface area contributed by atoms with Crippen LogP contribution in [-0.4, -0.2) is 20.4 Å². The first-order chi connectivity index (χ1) is 10.1. The zero-order valence-corrected chi connectivity index (χ0v) is 10.7. The molecule has 0 radical (unpaired) electrons. The van der Waals surface area contributed by atoms with Crippen LogP contribution in [0.4, 0.5) is 4.39 Å². The number of phenols is 2. The normalized spacial score (nSPS) is 10.5. The van der Waals surface area contributed by atoms with E-state index in [1.54, 1.807) is 0 Å². The summed E-state index contributed by atoms with van der Waals surface area (Å²) in [4.78, 5) is 0. The fourth-order valence-electron chi connectivity index (χ4n) is 1.90. The fraction of sp³-hybridized carbons (Fsp3) is 0. The summed E-state index contributed by atoms with van der Waals surface area (Å²) in [6.07, 6.45) is 1.52. The molecule has 0 aliphatic rings. The molecule has 0 fully saturated rings. The second-order valence-corrected chi connectivity index (χ2v) is 4.36. The zero-order chi connectivity index (χ0) is 14.8. The van der Waals surface area contributed by atoms with Crippen LogP contribution in [0.5, 0.6) is 23.0 Å². The van der Waals surface area contributed by atoms with E-state index >= 15 is 0 Å². The van der Waals surface area contributed by atoms with Gasteiger partial charge in [0.1, 0.15) is 28.8 Å². The molecule has 3 aromatic rings. The summed E-state index contributed by atoms with van der Waals surface area (Å²) in [5, 5.41) is 25.9. The Labute approximate surface area is 119 Å². The Morgan fingerprint density at radius 2 is 1.81 bits per heavy atom. The predicted molar refractivity (Wildman–Crippen MR) is 73.8 cm³/mol. The van der Waals surface area contributed by atoms with E-state index in [0.29, 0.717) is 22.8 Å². The van der Waals surface area contributed by atoms with Gasteiger partial charge in [-0.05, 0) is 36.4 Å². The van der Waals surface area contributed by atoms with Crippen molar-refractivity contribution in [2.45, 2.75) is 0 Å². The number of phenolic OH excluding ortho intramolecular Hbond substituents is 2. The first-order valence-corrected chi connectivity index (χ1v) is 6.13. The Hall–Kier alpha value is -3.02. The SMILES string of the molecule is Oc1ccc(-c2n[nH]cc2Oc2ccc(F)cc2)c(O)c1. The number of benzene rings is 2. The number of rotatable bonds is 3. The molecule has 21 heavy (non-hydrogen) atoms. The van der Waals surface area contributed by atoms with E-state index in [0.717, 1.165) is 0 Å². The van der Waals surface area contributed by atoms with Crippen LogP contribution in [0.25, 0.3) is 11.3 Å². The Balaban J connectivity index is 1.95. The second-order valence-electron chi connectivity index (χ2n) is 4.36. The molecule has 0 aliphatic heterocycles. The summed E-state index contributed by atoms with van der Waals surface area (Å²) >= 11 is 0. The first kappa shape index (κ1) is 13.0. The summed E-state index contributed by atoms with van der Waals surface area (Å²) in [7, 11) is 0. The van der Waals surface area contributed by atoms with Gasteiger partial charge in [-0.25, -0.2) is 4.39 Å². The van der Waals surface area contributed by atoms with E-state index in [1.807, 2.05) is 0 Å². The molecule has 0 saturated carbocycles. The highest BCUT2D eigenvalue weighted by Gasteiger charge is 2.14. The van der Waals surface area contributed by atoms with E-state index in [-0.39, 0.29) is 17.3 Å². The van der Waals surface area contributed by atoms with Gasteiger partial charge in [0, 0.05) is 11.6 Å². The van der Waals surface area contributed by atoms with Crippen LogP contribution in [0, 0.1) is 5.82 Å². The molecular formula is C15H11FN2O3. The Kier molecular flexibility index (Phi) is 3.19. The zero-order valence-electron chi connectivity index (χ0n) is 10.7. The average Bonchev–Trinajstić information content (AvgIpc) is 2.89. The number of aromatic nitrogens is 2. The van der Waals surface area contributed by atoms with Crippen LogP contribution in [0.2, 0.25) is 0 Å². The van der Waals surface area contributed by atoms with Gasteiger partial charge in [-0.15, -0.1) is 0 Å². The maximum Gasteiger partial charge on any atom is 0.173 e. The molecule has 0 spiro atoms. The molecule has 6 heteroatoms. The molecule has 0 unspecified atom stereocenters. The lowest BCUT2D eigenvalue weighted by Crippen LogP contribution is -1.87. The van der Waals surface area contributed by atoms with Crippen molar-refractivity contribution in [3.8, 4) is 34.3 Å². The quantitative estimate of drug-likeness (QED) is 0.689. The Morgan fingerprint density at radius 1 is 1.05 bits per heavy atom. The third kappa shape index (κ3) is 2.64. The fourth-order valence-corrected chi connectivity index (χ4v) is 1.90. The summed E-state index contributed by atoms with van der Waals surface area (Å²) < 4.78 is 18.5. The van der Waals surface area contributed by atoms with Crippen molar-refractivity contribution in [2.75, 3.05) is 0 Å². The maximum absolute atomic E-state index is 12.9. The van der Waals surface area contributed by atoms with E-state index in [4.69, 9.17) is 4.74 Å². The lowest BCUT2D eigenvalue weighted by atomic mass is 10.1. The van der Waals surface area contributed by atoms with Gasteiger partial charge in [-0.2, -0.15) is 5.10 Å². The van der Waals surface area contributed by atoms with Crippen LogP contribution < -0.4 is 4.74 Å². The van der Waals surface area contributed by atoms with E-state index in [2.05, 4.69) is 10.2 Å². The van der Waals surface area contributed by atoms with E-state index in [1.165, 1.54) is 48.7 Å². The molecule has 0 atom stereocenters. The van der Waals surface area contributed by atoms with Crippen LogP contribution in [0.1, 0.15) is 0 Å². The third-order valence-corrected chi connectivity index (χ3v) is 2.88. The lowest BCUT2D eigenvalue weighted by Gasteiger charge is -2.07. The van der Waals surface area contributed by atoms with Gasteiger partial charge in [0.05, 0.1) is 6.20 Å². The number of halogens is 1. The highest BCUT2D eigenvalue weighted by atomic mass is 19.1. The van der Waals surface area contributed by atoms with Crippen molar-refractivity contribution in [3.05, 3.63) is 54.5 Å². The number of ether oxygens (including phenoxy) is 1. The number of hydrogen-bond acceptors (Lipinski definition) is 4. The molecule has 0 saturated heterocycles. The smallest absolute Gasteiger partial charge is 0.173 e. The van der Waals surface area contributed by atoms with Crippen molar-refractivity contribution in [3.63, 3.8) is 0 Å². The predicted octanol–water partition coefficient (Wildman–Crippen LogP) is 3.42. The average molecular weight is 286 g/mol. The van der Waals surface area contributed by atoms with Crippen molar-refractivity contribution in [2.24, 2.45) is 0 Å². The maximum atomic E-state index is 12.9. The van der Waals surface area contributed by atoms with Gasteiger partial charge in [0.15, 0.2) is 5.75 Å². The van der Waals surface area contributed by atoms with Gasteiger partial charge in [0.25, 0.3) is 0 Å². The van der Waals surface area contributed by atoms with Crippen LogP contribution >= 0.6 is 0 Å². The number of H-pyrrole nitrogens is 1. The second kappa shape index (κ2) is 5.16. The topological polar surface area (TPSA) is 78.4 Å². The van der Waals surface area contributed by atoms with Crippen LogP contribution in [0.15, 0.2) is 48.7 Å². The largest absolute Gasteiger partial charge is 0.508 e.